The summed E-state index contributed by atoms with van der Waals surface area (Å²) in [6.07, 6.45) is 2.45. The van der Waals surface area contributed by atoms with Gasteiger partial charge in [0.2, 0.25) is 11.7 Å². The van der Waals surface area contributed by atoms with Gasteiger partial charge >= 0.3 is 0 Å². The van der Waals surface area contributed by atoms with Crippen molar-refractivity contribution < 1.29 is 9.53 Å². The van der Waals surface area contributed by atoms with Gasteiger partial charge in [0.1, 0.15) is 6.33 Å². The van der Waals surface area contributed by atoms with Crippen molar-refractivity contribution in [3.05, 3.63) is 6.33 Å². The van der Waals surface area contributed by atoms with E-state index in [1.54, 1.807) is 19.1 Å². The molecule has 7 nitrogen and oxygen atoms in total. The predicted molar refractivity (Wildman–Crippen MR) is 79.3 cm³/mol. The van der Waals surface area contributed by atoms with Crippen molar-refractivity contribution >= 4 is 17.5 Å². The van der Waals surface area contributed by atoms with Crippen LogP contribution in [0.2, 0.25) is 0 Å². The molecule has 0 unspecified atom stereocenters. The Morgan fingerprint density at radius 3 is 2.75 bits per heavy atom. The molecule has 0 aliphatic carbocycles. The summed E-state index contributed by atoms with van der Waals surface area (Å²) in [5.41, 5.74) is 0. The van der Waals surface area contributed by atoms with Gasteiger partial charge in [-0.05, 0) is 13.3 Å². The molecule has 2 N–H and O–H groups in total. The third kappa shape index (κ3) is 4.25. The fourth-order valence-corrected chi connectivity index (χ4v) is 1.74. The monoisotopic (exact) mass is 281 g/mol. The van der Waals surface area contributed by atoms with Crippen LogP contribution in [-0.2, 0) is 4.79 Å². The molecule has 112 valence electrons. The number of hydrogen-bond acceptors (Lipinski definition) is 6. The van der Waals surface area contributed by atoms with E-state index in [-0.39, 0.29) is 12.5 Å². The van der Waals surface area contributed by atoms with Crippen LogP contribution in [0.3, 0.4) is 0 Å². The zero-order valence-electron chi connectivity index (χ0n) is 12.6. The van der Waals surface area contributed by atoms with Crippen molar-refractivity contribution in [2.24, 2.45) is 0 Å². The van der Waals surface area contributed by atoms with Crippen LogP contribution in [0.15, 0.2) is 6.33 Å². The van der Waals surface area contributed by atoms with Crippen LogP contribution >= 0.6 is 0 Å². The van der Waals surface area contributed by atoms with E-state index in [2.05, 4.69) is 27.5 Å². The Morgan fingerprint density at radius 1 is 1.40 bits per heavy atom. The lowest BCUT2D eigenvalue weighted by Crippen LogP contribution is -2.35. The maximum absolute atomic E-state index is 11.6. The molecular weight excluding hydrogens is 258 g/mol. The molecule has 0 bridgehead atoms. The molecule has 1 amide bonds. The van der Waals surface area contributed by atoms with Crippen LogP contribution in [0.25, 0.3) is 0 Å². The molecule has 0 saturated carbocycles. The molecule has 1 aromatic heterocycles. The minimum Gasteiger partial charge on any atom is -0.490 e. The highest BCUT2D eigenvalue weighted by atomic mass is 16.5. The summed E-state index contributed by atoms with van der Waals surface area (Å²) in [7, 11) is 3.36. The molecular formula is C13H23N5O2. The molecule has 1 heterocycles. The minimum absolute atomic E-state index is 0.0567. The first-order valence-electron chi connectivity index (χ1n) is 6.74. The average Bonchev–Trinajstić information content (AvgIpc) is 2.44. The first kappa shape index (κ1) is 16.0. The van der Waals surface area contributed by atoms with E-state index in [0.29, 0.717) is 23.9 Å². The Bertz CT molecular complexity index is 439. The van der Waals surface area contributed by atoms with Crippen LogP contribution in [-0.4, -0.2) is 49.7 Å². The second-order valence-corrected chi connectivity index (χ2v) is 4.32. The first-order valence-corrected chi connectivity index (χ1v) is 6.74. The molecule has 0 radical (unpaired) electrons. The van der Waals surface area contributed by atoms with Gasteiger partial charge in [0.25, 0.3) is 0 Å². The summed E-state index contributed by atoms with van der Waals surface area (Å²) in [4.78, 5) is 21.7. The second kappa shape index (κ2) is 8.19. The molecule has 0 aliphatic heterocycles. The normalized spacial score (nSPS) is 10.0. The summed E-state index contributed by atoms with van der Waals surface area (Å²) in [5.74, 6) is 1.72. The van der Waals surface area contributed by atoms with Gasteiger partial charge in [-0.2, -0.15) is 0 Å². The quantitative estimate of drug-likeness (QED) is 0.736. The zero-order valence-corrected chi connectivity index (χ0v) is 12.6. The Labute approximate surface area is 119 Å². The van der Waals surface area contributed by atoms with Crippen molar-refractivity contribution in [2.75, 3.05) is 44.0 Å². The Balaban J connectivity index is 2.90. The lowest BCUT2D eigenvalue weighted by Gasteiger charge is -2.21. The van der Waals surface area contributed by atoms with Crippen LogP contribution in [0.1, 0.15) is 20.3 Å². The molecule has 20 heavy (non-hydrogen) atoms. The van der Waals surface area contributed by atoms with E-state index >= 15 is 0 Å². The Morgan fingerprint density at radius 2 is 2.15 bits per heavy atom. The van der Waals surface area contributed by atoms with Gasteiger partial charge in [0, 0.05) is 20.1 Å². The lowest BCUT2D eigenvalue weighted by atomic mass is 10.4. The van der Waals surface area contributed by atoms with E-state index in [0.717, 1.165) is 13.0 Å². The number of aromatic nitrogens is 2. The van der Waals surface area contributed by atoms with Crippen molar-refractivity contribution in [3.8, 4) is 5.75 Å². The van der Waals surface area contributed by atoms with Crippen molar-refractivity contribution in [1.82, 2.24) is 15.3 Å². The number of likely N-dealkylation sites (N-methyl/N-ethyl adjacent to an activating group) is 2. The fourth-order valence-electron chi connectivity index (χ4n) is 1.74. The van der Waals surface area contributed by atoms with E-state index in [9.17, 15) is 4.79 Å². The largest absolute Gasteiger partial charge is 0.490 e. The highest BCUT2D eigenvalue weighted by Gasteiger charge is 2.17. The standard InChI is InChI=1S/C13H23N5O2/c1-5-7-15-12-11(20-4)13(17-9-16-12)18(3)8-10(19)14-6-2/h9H,5-8H2,1-4H3,(H,14,19)(H,15,16,17). The number of ether oxygens (including phenoxy) is 1. The fraction of sp³-hybridized carbons (Fsp3) is 0.615. The molecule has 0 fully saturated rings. The third-order valence-corrected chi connectivity index (χ3v) is 2.65. The zero-order chi connectivity index (χ0) is 15.0. The van der Waals surface area contributed by atoms with Gasteiger partial charge < -0.3 is 20.3 Å². The average molecular weight is 281 g/mol. The van der Waals surface area contributed by atoms with E-state index in [1.807, 2.05) is 6.92 Å². The maximum Gasteiger partial charge on any atom is 0.239 e. The smallest absolute Gasteiger partial charge is 0.239 e. The number of carbonyl (C=O) groups is 1. The molecule has 0 aromatic carbocycles. The number of anilines is 2. The van der Waals surface area contributed by atoms with Gasteiger partial charge in [0.05, 0.1) is 13.7 Å². The molecule has 1 rings (SSSR count). The SMILES string of the molecule is CCCNc1ncnc(N(C)CC(=O)NCC)c1OC. The lowest BCUT2D eigenvalue weighted by molar-refractivity contribution is -0.119. The highest BCUT2D eigenvalue weighted by Crippen LogP contribution is 2.30. The van der Waals surface area contributed by atoms with Crippen LogP contribution in [0.4, 0.5) is 11.6 Å². The van der Waals surface area contributed by atoms with Gasteiger partial charge in [0.15, 0.2) is 11.6 Å². The highest BCUT2D eigenvalue weighted by molar-refractivity contribution is 5.81. The number of nitrogens with zero attached hydrogens (tertiary/aromatic N) is 3. The molecule has 1 aromatic rings. The van der Waals surface area contributed by atoms with Crippen molar-refractivity contribution in [2.45, 2.75) is 20.3 Å². The van der Waals surface area contributed by atoms with E-state index < -0.39 is 0 Å². The number of carbonyl (C=O) groups excluding carboxylic acids is 1. The number of rotatable bonds is 8. The first-order chi connectivity index (χ1) is 9.63. The van der Waals surface area contributed by atoms with E-state index in [4.69, 9.17) is 4.74 Å². The second-order valence-electron chi connectivity index (χ2n) is 4.32. The van der Waals surface area contributed by atoms with Gasteiger partial charge in [-0.3, -0.25) is 4.79 Å². The maximum atomic E-state index is 11.6. The Hall–Kier alpha value is -2.05. The minimum atomic E-state index is -0.0567. The topological polar surface area (TPSA) is 79.4 Å². The van der Waals surface area contributed by atoms with Crippen molar-refractivity contribution in [3.63, 3.8) is 0 Å². The summed E-state index contributed by atoms with van der Waals surface area (Å²) in [5, 5.41) is 5.94. The molecule has 0 saturated heterocycles. The summed E-state index contributed by atoms with van der Waals surface area (Å²) >= 11 is 0. The number of hydrogen-bond donors (Lipinski definition) is 2. The summed E-state index contributed by atoms with van der Waals surface area (Å²) in [6.45, 7) is 5.58. The summed E-state index contributed by atoms with van der Waals surface area (Å²) < 4.78 is 5.38. The van der Waals surface area contributed by atoms with Gasteiger partial charge in [-0.25, -0.2) is 9.97 Å². The predicted octanol–water partition coefficient (Wildman–Crippen LogP) is 0.879. The van der Waals surface area contributed by atoms with Crippen LogP contribution < -0.4 is 20.3 Å². The molecule has 0 spiro atoms. The van der Waals surface area contributed by atoms with Crippen molar-refractivity contribution in [1.29, 1.82) is 0 Å². The van der Waals surface area contributed by atoms with Crippen LogP contribution in [0.5, 0.6) is 5.75 Å². The van der Waals surface area contributed by atoms with Gasteiger partial charge in [-0.1, -0.05) is 6.92 Å². The Kier molecular flexibility index (Phi) is 6.55. The molecule has 0 atom stereocenters. The molecule has 0 aliphatic rings. The van der Waals surface area contributed by atoms with E-state index in [1.165, 1.54) is 6.33 Å². The number of nitrogens with one attached hydrogen (secondary N) is 2. The van der Waals surface area contributed by atoms with Gasteiger partial charge in [-0.15, -0.1) is 0 Å². The van der Waals surface area contributed by atoms with Crippen LogP contribution in [0, 0.1) is 0 Å². The third-order valence-electron chi connectivity index (χ3n) is 2.65. The molecule has 7 heteroatoms. The number of amides is 1. The summed E-state index contributed by atoms with van der Waals surface area (Å²) in [6, 6.07) is 0. The number of methoxy groups -OCH3 is 1.